The number of fused-ring (bicyclic) bond motifs is 1. The molecule has 0 saturated heterocycles. The molecule has 0 unspecified atom stereocenters. The zero-order valence-electron chi connectivity index (χ0n) is 5.81. The van der Waals surface area contributed by atoms with Gasteiger partial charge in [-0.15, -0.1) is 5.10 Å². The van der Waals surface area contributed by atoms with Crippen LogP contribution >= 0.6 is 0 Å². The van der Waals surface area contributed by atoms with E-state index in [-0.39, 0.29) is 0 Å². The highest BCUT2D eigenvalue weighted by atomic mass is 15.5. The summed E-state index contributed by atoms with van der Waals surface area (Å²) in [5.41, 5.74) is 7.20. The predicted molar refractivity (Wildman–Crippen MR) is 38.7 cm³/mol. The lowest BCUT2D eigenvalue weighted by Crippen LogP contribution is -1.97. The van der Waals surface area contributed by atoms with E-state index in [0.717, 1.165) is 11.2 Å². The van der Waals surface area contributed by atoms with Crippen LogP contribution in [0.25, 0.3) is 5.65 Å². The van der Waals surface area contributed by atoms with Crippen LogP contribution in [-0.4, -0.2) is 20.0 Å². The normalized spacial score (nSPS) is 10.6. The van der Waals surface area contributed by atoms with Crippen LogP contribution in [0.1, 0.15) is 5.56 Å². The van der Waals surface area contributed by atoms with Crippen molar-refractivity contribution in [3.05, 3.63) is 23.9 Å². The Morgan fingerprint density at radius 3 is 3.27 bits per heavy atom. The molecule has 0 aliphatic rings. The minimum Gasteiger partial charge on any atom is -0.326 e. The predicted octanol–water partition coefficient (Wildman–Crippen LogP) is -0.417. The first-order valence-electron chi connectivity index (χ1n) is 3.27. The molecule has 5 nitrogen and oxygen atoms in total. The van der Waals surface area contributed by atoms with Crippen LogP contribution in [0.3, 0.4) is 0 Å². The maximum atomic E-state index is 5.43. The topological polar surface area (TPSA) is 69.1 Å². The Morgan fingerprint density at radius 2 is 2.45 bits per heavy atom. The van der Waals surface area contributed by atoms with Gasteiger partial charge in [0.05, 0.1) is 0 Å². The van der Waals surface area contributed by atoms with Crippen LogP contribution in [0.5, 0.6) is 0 Å². The number of nitrogens with two attached hydrogens (primary N) is 1. The summed E-state index contributed by atoms with van der Waals surface area (Å²) in [6.45, 7) is 0.517. The molecule has 2 N–H and O–H groups in total. The molecule has 56 valence electrons. The van der Waals surface area contributed by atoms with Crippen LogP contribution in [0.15, 0.2) is 18.3 Å². The van der Waals surface area contributed by atoms with E-state index in [1.54, 1.807) is 10.7 Å². The number of aromatic nitrogens is 4. The highest BCUT2D eigenvalue weighted by Gasteiger charge is 1.95. The molecule has 2 heterocycles. The zero-order chi connectivity index (χ0) is 7.68. The van der Waals surface area contributed by atoms with E-state index in [9.17, 15) is 0 Å². The standard InChI is InChI=1S/C6H7N5/c7-4-5-1-2-11-6(3-5)8-9-10-11/h1-3H,4,7H2. The molecule has 0 aliphatic heterocycles. The molecular weight excluding hydrogens is 142 g/mol. The largest absolute Gasteiger partial charge is 0.326 e. The van der Waals surface area contributed by atoms with Gasteiger partial charge in [0.2, 0.25) is 0 Å². The van der Waals surface area contributed by atoms with E-state index in [1.807, 2.05) is 12.1 Å². The SMILES string of the molecule is NCc1ccn2nnnc2c1. The van der Waals surface area contributed by atoms with Crippen LogP contribution in [-0.2, 0) is 6.54 Å². The van der Waals surface area contributed by atoms with Gasteiger partial charge in [-0.05, 0) is 28.1 Å². The quantitative estimate of drug-likeness (QED) is 0.598. The average molecular weight is 149 g/mol. The van der Waals surface area contributed by atoms with Gasteiger partial charge in [0.25, 0.3) is 0 Å². The summed E-state index contributed by atoms with van der Waals surface area (Å²) in [6.07, 6.45) is 1.79. The van der Waals surface area contributed by atoms with E-state index in [1.165, 1.54) is 0 Å². The van der Waals surface area contributed by atoms with Gasteiger partial charge in [-0.3, -0.25) is 0 Å². The molecule has 0 radical (unpaired) electrons. The second-order valence-corrected chi connectivity index (χ2v) is 2.22. The Labute approximate surface area is 62.8 Å². The fraction of sp³-hybridized carbons (Fsp3) is 0.167. The Hall–Kier alpha value is -1.49. The second kappa shape index (κ2) is 2.28. The van der Waals surface area contributed by atoms with Crippen molar-refractivity contribution in [2.75, 3.05) is 0 Å². The number of pyridine rings is 1. The summed E-state index contributed by atoms with van der Waals surface area (Å²) < 4.78 is 1.60. The lowest BCUT2D eigenvalue weighted by Gasteiger charge is -1.93. The second-order valence-electron chi connectivity index (χ2n) is 2.22. The van der Waals surface area contributed by atoms with Crippen molar-refractivity contribution >= 4 is 5.65 Å². The van der Waals surface area contributed by atoms with Gasteiger partial charge < -0.3 is 5.73 Å². The Morgan fingerprint density at radius 1 is 1.55 bits per heavy atom. The minimum absolute atomic E-state index is 0.517. The molecule has 0 spiro atoms. The molecule has 2 aromatic heterocycles. The van der Waals surface area contributed by atoms with Gasteiger partial charge in [0, 0.05) is 12.7 Å². The zero-order valence-corrected chi connectivity index (χ0v) is 5.81. The summed E-state index contributed by atoms with van der Waals surface area (Å²) in [5.74, 6) is 0. The van der Waals surface area contributed by atoms with E-state index < -0.39 is 0 Å². The van der Waals surface area contributed by atoms with E-state index in [4.69, 9.17) is 5.73 Å². The maximum absolute atomic E-state index is 5.43. The van der Waals surface area contributed by atoms with Crippen LogP contribution in [0.4, 0.5) is 0 Å². The fourth-order valence-electron chi connectivity index (χ4n) is 0.909. The molecule has 11 heavy (non-hydrogen) atoms. The molecule has 0 fully saturated rings. The summed E-state index contributed by atoms with van der Waals surface area (Å²) in [6, 6.07) is 3.75. The maximum Gasteiger partial charge on any atom is 0.179 e. The van der Waals surface area contributed by atoms with Crippen molar-refractivity contribution < 1.29 is 0 Å². The van der Waals surface area contributed by atoms with E-state index >= 15 is 0 Å². The number of rotatable bonds is 1. The lowest BCUT2D eigenvalue weighted by atomic mass is 10.3. The highest BCUT2D eigenvalue weighted by molar-refractivity contribution is 5.38. The van der Waals surface area contributed by atoms with Crippen molar-refractivity contribution in [2.45, 2.75) is 6.54 Å². The third-order valence-corrected chi connectivity index (χ3v) is 1.50. The van der Waals surface area contributed by atoms with Gasteiger partial charge in [-0.2, -0.15) is 0 Å². The molecule has 5 heteroatoms. The van der Waals surface area contributed by atoms with Gasteiger partial charge >= 0.3 is 0 Å². The Balaban J connectivity index is 2.67. The van der Waals surface area contributed by atoms with E-state index in [2.05, 4.69) is 15.5 Å². The van der Waals surface area contributed by atoms with Crippen molar-refractivity contribution in [2.24, 2.45) is 5.73 Å². The van der Waals surface area contributed by atoms with Gasteiger partial charge in [0.1, 0.15) is 0 Å². The van der Waals surface area contributed by atoms with Crippen LogP contribution in [0.2, 0.25) is 0 Å². The summed E-state index contributed by atoms with van der Waals surface area (Å²) in [7, 11) is 0. The minimum atomic E-state index is 0.517. The molecule has 2 aromatic rings. The summed E-state index contributed by atoms with van der Waals surface area (Å²) in [4.78, 5) is 0. The highest BCUT2D eigenvalue weighted by Crippen LogP contribution is 2.00. The number of hydrogen-bond acceptors (Lipinski definition) is 4. The van der Waals surface area contributed by atoms with Gasteiger partial charge in [0.15, 0.2) is 5.65 Å². The monoisotopic (exact) mass is 149 g/mol. The third kappa shape index (κ3) is 0.947. The average Bonchev–Trinajstić information content (AvgIpc) is 2.50. The van der Waals surface area contributed by atoms with Crippen LogP contribution in [0, 0.1) is 0 Å². The van der Waals surface area contributed by atoms with E-state index in [0.29, 0.717) is 6.54 Å². The van der Waals surface area contributed by atoms with Crippen molar-refractivity contribution in [1.82, 2.24) is 20.0 Å². The van der Waals surface area contributed by atoms with Gasteiger partial charge in [-0.25, -0.2) is 4.52 Å². The first kappa shape index (κ1) is 6.23. The van der Waals surface area contributed by atoms with Crippen molar-refractivity contribution in [1.29, 1.82) is 0 Å². The molecule has 0 aliphatic carbocycles. The molecule has 0 bridgehead atoms. The number of tetrazole rings is 1. The van der Waals surface area contributed by atoms with Crippen LogP contribution < -0.4 is 5.73 Å². The van der Waals surface area contributed by atoms with Gasteiger partial charge in [-0.1, -0.05) is 0 Å². The molecule has 0 saturated carbocycles. The third-order valence-electron chi connectivity index (χ3n) is 1.50. The summed E-state index contributed by atoms with van der Waals surface area (Å²) >= 11 is 0. The molecule has 0 amide bonds. The fourth-order valence-corrected chi connectivity index (χ4v) is 0.909. The Bertz CT molecular complexity index is 366. The van der Waals surface area contributed by atoms with Crippen molar-refractivity contribution in [3.63, 3.8) is 0 Å². The molecule has 2 rings (SSSR count). The number of nitrogens with zero attached hydrogens (tertiary/aromatic N) is 4. The molecule has 0 aromatic carbocycles. The smallest absolute Gasteiger partial charge is 0.179 e. The van der Waals surface area contributed by atoms with Crippen molar-refractivity contribution in [3.8, 4) is 0 Å². The first-order valence-corrected chi connectivity index (χ1v) is 3.27. The lowest BCUT2D eigenvalue weighted by molar-refractivity contribution is 0.822. The molecule has 0 atom stereocenters. The Kier molecular flexibility index (Phi) is 1.29. The number of hydrogen-bond donors (Lipinski definition) is 1. The first-order chi connectivity index (χ1) is 5.40. The molecular formula is C6H7N5. The summed E-state index contributed by atoms with van der Waals surface area (Å²) in [5, 5.41) is 11.0.